The van der Waals surface area contributed by atoms with E-state index in [0.717, 1.165) is 28.5 Å². The highest BCUT2D eigenvalue weighted by Crippen LogP contribution is 2.58. The molecule has 0 saturated carbocycles. The second-order valence-electron chi connectivity index (χ2n) is 9.67. The molecule has 2 N–H and O–H groups in total. The van der Waals surface area contributed by atoms with Crippen molar-refractivity contribution in [1.29, 1.82) is 0 Å². The van der Waals surface area contributed by atoms with Crippen LogP contribution in [0.4, 0.5) is 0 Å². The second kappa shape index (κ2) is 8.48. The Morgan fingerprint density at radius 3 is 2.47 bits per heavy atom. The number of aromatic hydroxyl groups is 2. The monoisotopic (exact) mass is 482 g/mol. The predicted octanol–water partition coefficient (Wildman–Crippen LogP) is 6.18. The maximum atomic E-state index is 11.9. The molecule has 0 amide bonds. The third kappa shape index (κ3) is 3.70. The van der Waals surface area contributed by atoms with Gasteiger partial charge < -0.3 is 24.1 Å². The molecule has 182 valence electrons. The molecule has 6 heteroatoms. The first-order chi connectivity index (χ1) is 17.4. The van der Waals surface area contributed by atoms with Gasteiger partial charge in [0.05, 0.1) is 7.11 Å². The van der Waals surface area contributed by atoms with Gasteiger partial charge in [-0.3, -0.25) is 0 Å². The number of phenolic OH excluding ortho intramolecular Hbond substituents is 2. The molecule has 6 nitrogen and oxygen atoms in total. The number of methoxy groups -OCH3 is 1. The topological polar surface area (TPSA) is 89.1 Å². The molecule has 0 radical (unpaired) electrons. The molecule has 0 unspecified atom stereocenters. The van der Waals surface area contributed by atoms with Crippen molar-refractivity contribution in [2.45, 2.75) is 31.3 Å². The zero-order chi connectivity index (χ0) is 25.0. The molecule has 0 saturated heterocycles. The lowest BCUT2D eigenvalue weighted by molar-refractivity contribution is 0.0792. The van der Waals surface area contributed by atoms with Crippen LogP contribution in [0.15, 0.2) is 87.6 Å². The van der Waals surface area contributed by atoms with Crippen LogP contribution < -0.4 is 15.1 Å². The first-order valence-electron chi connectivity index (χ1n) is 12.0. The highest BCUT2D eigenvalue weighted by atomic mass is 16.5. The molecule has 0 bridgehead atoms. The van der Waals surface area contributed by atoms with E-state index in [1.54, 1.807) is 37.4 Å². The Bertz CT molecular complexity index is 1550. The van der Waals surface area contributed by atoms with Crippen LogP contribution in [0.2, 0.25) is 0 Å². The molecular weight excluding hydrogens is 456 g/mol. The fourth-order valence-electron chi connectivity index (χ4n) is 5.89. The van der Waals surface area contributed by atoms with Gasteiger partial charge in [-0.1, -0.05) is 29.8 Å². The largest absolute Gasteiger partial charge is 0.508 e. The van der Waals surface area contributed by atoms with E-state index in [0.29, 0.717) is 17.1 Å². The lowest BCUT2D eigenvalue weighted by atomic mass is 9.63. The van der Waals surface area contributed by atoms with Crippen LogP contribution in [0.5, 0.6) is 23.0 Å². The summed E-state index contributed by atoms with van der Waals surface area (Å²) in [4.78, 5) is 11.9. The van der Waals surface area contributed by atoms with E-state index in [9.17, 15) is 15.0 Å². The molecule has 4 aromatic rings. The smallest absolute Gasteiger partial charge is 0.336 e. The standard InChI is InChI=1S/C30H26O6/c1-16-11-23(21-9-8-20(32)14-26(21)34-2)29-24(12-16)22-13-18-5-10-28(33)35-25(18)15-27(22)36-30(29)17-3-6-19(31)7-4-17/h3-10,12-15,23-24,29-32H,11H2,1-2H3/t23-,24-,29-,30+/m1/s1. The molecule has 2 aliphatic rings. The third-order valence-electron chi connectivity index (χ3n) is 7.44. The van der Waals surface area contributed by atoms with Crippen molar-refractivity contribution in [1.82, 2.24) is 0 Å². The van der Waals surface area contributed by atoms with Crippen LogP contribution in [0.1, 0.15) is 48.0 Å². The number of hydrogen-bond donors (Lipinski definition) is 2. The number of benzene rings is 3. The minimum Gasteiger partial charge on any atom is -0.508 e. The summed E-state index contributed by atoms with van der Waals surface area (Å²) in [6.45, 7) is 2.14. The predicted molar refractivity (Wildman–Crippen MR) is 136 cm³/mol. The third-order valence-corrected chi connectivity index (χ3v) is 7.44. The molecule has 1 aromatic heterocycles. The van der Waals surface area contributed by atoms with Gasteiger partial charge in [-0.2, -0.15) is 0 Å². The maximum absolute atomic E-state index is 11.9. The van der Waals surface area contributed by atoms with Crippen molar-refractivity contribution in [2.24, 2.45) is 5.92 Å². The fraction of sp³-hybridized carbons (Fsp3) is 0.233. The van der Waals surface area contributed by atoms with Gasteiger partial charge in [0.25, 0.3) is 0 Å². The maximum Gasteiger partial charge on any atom is 0.336 e. The van der Waals surface area contributed by atoms with E-state index in [-0.39, 0.29) is 35.4 Å². The van der Waals surface area contributed by atoms with Crippen LogP contribution in [0, 0.1) is 5.92 Å². The summed E-state index contributed by atoms with van der Waals surface area (Å²) in [6, 6.07) is 19.5. The zero-order valence-corrected chi connectivity index (χ0v) is 20.0. The summed E-state index contributed by atoms with van der Waals surface area (Å²) in [5.74, 6) is 1.76. The van der Waals surface area contributed by atoms with Crippen LogP contribution in [-0.2, 0) is 0 Å². The normalized spacial score (nSPS) is 22.8. The van der Waals surface area contributed by atoms with Crippen molar-refractivity contribution in [3.8, 4) is 23.0 Å². The van der Waals surface area contributed by atoms with Gasteiger partial charge in [-0.05, 0) is 60.7 Å². The average Bonchev–Trinajstić information content (AvgIpc) is 2.87. The Kier molecular flexibility index (Phi) is 5.25. The van der Waals surface area contributed by atoms with E-state index in [4.69, 9.17) is 13.9 Å². The van der Waals surface area contributed by atoms with E-state index >= 15 is 0 Å². The molecule has 1 aliphatic carbocycles. The van der Waals surface area contributed by atoms with Gasteiger partial charge >= 0.3 is 5.63 Å². The summed E-state index contributed by atoms with van der Waals surface area (Å²) in [5.41, 5.74) is 4.34. The van der Waals surface area contributed by atoms with Gasteiger partial charge in [0.2, 0.25) is 0 Å². The molecule has 3 aromatic carbocycles. The molecule has 1 aliphatic heterocycles. The molecule has 6 rings (SSSR count). The Hall–Kier alpha value is -4.19. The van der Waals surface area contributed by atoms with Crippen molar-refractivity contribution < 1.29 is 24.1 Å². The highest BCUT2D eigenvalue weighted by Gasteiger charge is 2.46. The van der Waals surface area contributed by atoms with Gasteiger partial charge in [0, 0.05) is 41.0 Å². The lowest BCUT2D eigenvalue weighted by Gasteiger charge is -2.46. The van der Waals surface area contributed by atoms with E-state index < -0.39 is 5.63 Å². The van der Waals surface area contributed by atoms with E-state index in [1.165, 1.54) is 11.6 Å². The Labute approximate surface area is 208 Å². The fourth-order valence-corrected chi connectivity index (χ4v) is 5.89. The average molecular weight is 483 g/mol. The van der Waals surface area contributed by atoms with Crippen LogP contribution in [-0.4, -0.2) is 17.3 Å². The number of fused-ring (bicyclic) bond motifs is 4. The lowest BCUT2D eigenvalue weighted by Crippen LogP contribution is -2.36. The van der Waals surface area contributed by atoms with E-state index in [2.05, 4.69) is 19.1 Å². The first kappa shape index (κ1) is 22.3. The van der Waals surface area contributed by atoms with Crippen LogP contribution in [0.25, 0.3) is 11.0 Å². The van der Waals surface area contributed by atoms with Gasteiger partial charge in [-0.15, -0.1) is 0 Å². The van der Waals surface area contributed by atoms with Crippen LogP contribution >= 0.6 is 0 Å². The SMILES string of the molecule is COc1cc(O)ccc1[C@H]1CC(C)=C[C@@H]2c3cc4ccc(=O)oc4cc3O[C@@H](c3ccc(O)cc3)[C@@H]21. The quantitative estimate of drug-likeness (QED) is 0.268. The van der Waals surface area contributed by atoms with Gasteiger partial charge in [-0.25, -0.2) is 4.79 Å². The molecule has 4 atom stereocenters. The number of hydrogen-bond acceptors (Lipinski definition) is 6. The summed E-state index contributed by atoms with van der Waals surface area (Å²) < 4.78 is 17.8. The Balaban J connectivity index is 1.58. The first-order valence-corrected chi connectivity index (χ1v) is 12.0. The number of allylic oxidation sites excluding steroid dienone is 2. The Morgan fingerprint density at radius 2 is 1.69 bits per heavy atom. The van der Waals surface area contributed by atoms with E-state index in [1.807, 2.05) is 24.3 Å². The Morgan fingerprint density at radius 1 is 0.917 bits per heavy atom. The number of ether oxygens (including phenoxy) is 2. The summed E-state index contributed by atoms with van der Waals surface area (Å²) in [6.07, 6.45) is 2.80. The van der Waals surface area contributed by atoms with Crippen LogP contribution in [0.3, 0.4) is 0 Å². The summed E-state index contributed by atoms with van der Waals surface area (Å²) >= 11 is 0. The molecular formula is C30H26O6. The number of phenols is 2. The molecule has 2 heterocycles. The molecule has 36 heavy (non-hydrogen) atoms. The van der Waals surface area contributed by atoms with Gasteiger partial charge in [0.1, 0.15) is 34.7 Å². The minimum atomic E-state index is -0.404. The number of rotatable bonds is 3. The van der Waals surface area contributed by atoms with Gasteiger partial charge in [0.15, 0.2) is 0 Å². The molecule has 0 fully saturated rings. The minimum absolute atomic E-state index is 0.0114. The van der Waals surface area contributed by atoms with Crippen molar-refractivity contribution >= 4 is 11.0 Å². The second-order valence-corrected chi connectivity index (χ2v) is 9.67. The summed E-state index contributed by atoms with van der Waals surface area (Å²) in [7, 11) is 1.62. The highest BCUT2D eigenvalue weighted by molar-refractivity contribution is 5.80. The zero-order valence-electron chi connectivity index (χ0n) is 20.0. The van der Waals surface area contributed by atoms with Crippen molar-refractivity contribution in [3.05, 3.63) is 105 Å². The molecule has 0 spiro atoms. The summed E-state index contributed by atoms with van der Waals surface area (Å²) in [5, 5.41) is 20.8. The van der Waals surface area contributed by atoms with Crippen molar-refractivity contribution in [3.63, 3.8) is 0 Å². The van der Waals surface area contributed by atoms with Crippen molar-refractivity contribution in [2.75, 3.05) is 7.11 Å².